The summed E-state index contributed by atoms with van der Waals surface area (Å²) in [5, 5.41) is 2.92. The molecule has 0 aliphatic rings. The average molecular weight is 259 g/mol. The van der Waals surface area contributed by atoms with E-state index in [1.165, 1.54) is 6.33 Å². The second kappa shape index (κ2) is 5.78. The first kappa shape index (κ1) is 13.7. The van der Waals surface area contributed by atoms with Crippen LogP contribution in [-0.4, -0.2) is 37.2 Å². The van der Waals surface area contributed by atoms with Gasteiger partial charge in [0.05, 0.1) is 5.75 Å². The van der Waals surface area contributed by atoms with E-state index in [0.717, 1.165) is 0 Å². The molecule has 1 aromatic rings. The maximum Gasteiger partial charge on any atom is 0.213 e. The van der Waals surface area contributed by atoms with E-state index in [4.69, 9.17) is 5.73 Å². The van der Waals surface area contributed by atoms with Gasteiger partial charge < -0.3 is 11.1 Å². The number of anilines is 2. The van der Waals surface area contributed by atoms with Crippen molar-refractivity contribution in [2.24, 2.45) is 0 Å². The first-order valence-electron chi connectivity index (χ1n) is 5.24. The van der Waals surface area contributed by atoms with E-state index < -0.39 is 10.0 Å². The SMILES string of the molecule is CCNS(=O)(=O)CCNc1ncnc(N)c1C. The van der Waals surface area contributed by atoms with Gasteiger partial charge in [0.1, 0.15) is 18.0 Å². The summed E-state index contributed by atoms with van der Waals surface area (Å²) in [4.78, 5) is 7.81. The third kappa shape index (κ3) is 4.16. The Balaban J connectivity index is 2.55. The van der Waals surface area contributed by atoms with E-state index >= 15 is 0 Å². The molecule has 1 heterocycles. The van der Waals surface area contributed by atoms with Gasteiger partial charge in [0, 0.05) is 18.7 Å². The van der Waals surface area contributed by atoms with Crippen molar-refractivity contribution in [2.75, 3.05) is 29.9 Å². The Kier molecular flexibility index (Phi) is 4.64. The lowest BCUT2D eigenvalue weighted by atomic mass is 10.3. The molecular weight excluding hydrogens is 242 g/mol. The Labute approximate surface area is 101 Å². The monoisotopic (exact) mass is 259 g/mol. The standard InChI is InChI=1S/C9H17N5O2S/c1-3-14-17(15,16)5-4-11-9-7(2)8(10)12-6-13-9/h6,14H,3-5H2,1-2H3,(H3,10,11,12,13). The van der Waals surface area contributed by atoms with Crippen LogP contribution in [-0.2, 0) is 10.0 Å². The highest BCUT2D eigenvalue weighted by Crippen LogP contribution is 2.14. The predicted octanol–water partition coefficient (Wildman–Crippen LogP) is -0.282. The van der Waals surface area contributed by atoms with Gasteiger partial charge >= 0.3 is 0 Å². The summed E-state index contributed by atoms with van der Waals surface area (Å²) in [6.45, 7) is 4.17. The average Bonchev–Trinajstić information content (AvgIpc) is 2.24. The van der Waals surface area contributed by atoms with E-state index in [1.807, 2.05) is 0 Å². The number of nitrogens with zero attached hydrogens (tertiary/aromatic N) is 2. The smallest absolute Gasteiger partial charge is 0.213 e. The van der Waals surface area contributed by atoms with Crippen molar-refractivity contribution >= 4 is 21.7 Å². The van der Waals surface area contributed by atoms with Gasteiger partial charge in [-0.2, -0.15) is 0 Å². The molecule has 0 spiro atoms. The Morgan fingerprint density at radius 2 is 2.12 bits per heavy atom. The first-order valence-corrected chi connectivity index (χ1v) is 6.89. The minimum Gasteiger partial charge on any atom is -0.383 e. The van der Waals surface area contributed by atoms with Crippen molar-refractivity contribution in [3.8, 4) is 0 Å². The number of nitrogen functional groups attached to an aromatic ring is 1. The van der Waals surface area contributed by atoms with E-state index in [2.05, 4.69) is 20.0 Å². The van der Waals surface area contributed by atoms with Gasteiger partial charge in [0.25, 0.3) is 0 Å². The fourth-order valence-corrected chi connectivity index (χ4v) is 2.19. The molecule has 0 saturated carbocycles. The van der Waals surface area contributed by atoms with Crippen molar-refractivity contribution in [3.63, 3.8) is 0 Å². The molecule has 8 heteroatoms. The van der Waals surface area contributed by atoms with Crippen molar-refractivity contribution in [2.45, 2.75) is 13.8 Å². The highest BCUT2D eigenvalue weighted by atomic mass is 32.2. The zero-order chi connectivity index (χ0) is 12.9. The zero-order valence-electron chi connectivity index (χ0n) is 9.90. The molecule has 17 heavy (non-hydrogen) atoms. The number of sulfonamides is 1. The number of nitrogens with one attached hydrogen (secondary N) is 2. The Hall–Kier alpha value is -1.41. The summed E-state index contributed by atoms with van der Waals surface area (Å²) < 4.78 is 25.1. The second-order valence-electron chi connectivity index (χ2n) is 3.48. The zero-order valence-corrected chi connectivity index (χ0v) is 10.7. The molecule has 0 aromatic carbocycles. The number of hydrogen-bond acceptors (Lipinski definition) is 6. The maximum atomic E-state index is 11.4. The fraction of sp³-hybridized carbons (Fsp3) is 0.556. The van der Waals surface area contributed by atoms with Crippen LogP contribution in [0.25, 0.3) is 0 Å². The summed E-state index contributed by atoms with van der Waals surface area (Å²) in [5.74, 6) is 0.936. The molecule has 1 rings (SSSR count). The molecule has 0 fully saturated rings. The number of aromatic nitrogens is 2. The lowest BCUT2D eigenvalue weighted by molar-refractivity contribution is 0.584. The highest BCUT2D eigenvalue weighted by Gasteiger charge is 2.09. The third-order valence-corrected chi connectivity index (χ3v) is 3.62. The van der Waals surface area contributed by atoms with E-state index in [0.29, 0.717) is 23.7 Å². The molecule has 0 saturated heterocycles. The quantitative estimate of drug-likeness (QED) is 0.648. The van der Waals surface area contributed by atoms with Crippen LogP contribution in [0.15, 0.2) is 6.33 Å². The topological polar surface area (TPSA) is 110 Å². The highest BCUT2D eigenvalue weighted by molar-refractivity contribution is 7.89. The van der Waals surface area contributed by atoms with E-state index in [1.54, 1.807) is 13.8 Å². The number of rotatable bonds is 6. The van der Waals surface area contributed by atoms with Crippen LogP contribution in [0, 0.1) is 6.92 Å². The van der Waals surface area contributed by atoms with Crippen molar-refractivity contribution in [3.05, 3.63) is 11.9 Å². The fourth-order valence-electron chi connectivity index (χ4n) is 1.24. The van der Waals surface area contributed by atoms with Crippen LogP contribution in [0.3, 0.4) is 0 Å². The molecular formula is C9H17N5O2S. The Morgan fingerprint density at radius 3 is 2.76 bits per heavy atom. The largest absolute Gasteiger partial charge is 0.383 e. The Morgan fingerprint density at radius 1 is 1.41 bits per heavy atom. The van der Waals surface area contributed by atoms with Gasteiger partial charge in [0.2, 0.25) is 10.0 Å². The molecule has 0 aliphatic heterocycles. The lowest BCUT2D eigenvalue weighted by Crippen LogP contribution is -2.29. The summed E-state index contributed by atoms with van der Waals surface area (Å²) in [6, 6.07) is 0. The van der Waals surface area contributed by atoms with Crippen LogP contribution in [0.2, 0.25) is 0 Å². The minimum atomic E-state index is -3.21. The molecule has 7 nitrogen and oxygen atoms in total. The maximum absolute atomic E-state index is 11.4. The van der Waals surface area contributed by atoms with Crippen LogP contribution >= 0.6 is 0 Å². The summed E-state index contributed by atoms with van der Waals surface area (Å²) in [7, 11) is -3.21. The molecule has 0 aliphatic carbocycles. The summed E-state index contributed by atoms with van der Waals surface area (Å²) in [6.07, 6.45) is 1.34. The number of hydrogen-bond donors (Lipinski definition) is 3. The van der Waals surface area contributed by atoms with E-state index in [9.17, 15) is 8.42 Å². The summed E-state index contributed by atoms with van der Waals surface area (Å²) in [5.41, 5.74) is 6.32. The van der Waals surface area contributed by atoms with Crippen LogP contribution in [0.4, 0.5) is 11.6 Å². The predicted molar refractivity (Wildman–Crippen MR) is 67.1 cm³/mol. The minimum absolute atomic E-state index is 0.00973. The molecule has 0 atom stereocenters. The van der Waals surface area contributed by atoms with Crippen molar-refractivity contribution in [1.29, 1.82) is 0 Å². The van der Waals surface area contributed by atoms with Gasteiger partial charge in [-0.05, 0) is 6.92 Å². The lowest BCUT2D eigenvalue weighted by Gasteiger charge is -2.09. The molecule has 0 radical (unpaired) electrons. The van der Waals surface area contributed by atoms with Gasteiger partial charge in [-0.25, -0.2) is 23.1 Å². The second-order valence-corrected chi connectivity index (χ2v) is 5.40. The number of nitrogens with two attached hydrogens (primary N) is 1. The molecule has 4 N–H and O–H groups in total. The van der Waals surface area contributed by atoms with Crippen molar-refractivity contribution in [1.82, 2.24) is 14.7 Å². The molecule has 1 aromatic heterocycles. The third-order valence-electron chi connectivity index (χ3n) is 2.15. The van der Waals surface area contributed by atoms with Crippen LogP contribution < -0.4 is 15.8 Å². The van der Waals surface area contributed by atoms with Crippen molar-refractivity contribution < 1.29 is 8.42 Å². The first-order chi connectivity index (χ1) is 7.96. The molecule has 0 unspecified atom stereocenters. The molecule has 0 bridgehead atoms. The van der Waals surface area contributed by atoms with Gasteiger partial charge in [-0.3, -0.25) is 0 Å². The van der Waals surface area contributed by atoms with E-state index in [-0.39, 0.29) is 12.3 Å². The normalized spacial score (nSPS) is 11.4. The van der Waals surface area contributed by atoms with Gasteiger partial charge in [0.15, 0.2) is 0 Å². The molecule has 96 valence electrons. The van der Waals surface area contributed by atoms with Gasteiger partial charge in [-0.1, -0.05) is 6.92 Å². The van der Waals surface area contributed by atoms with Crippen LogP contribution in [0.5, 0.6) is 0 Å². The molecule has 0 amide bonds. The summed E-state index contributed by atoms with van der Waals surface area (Å²) >= 11 is 0. The Bertz CT molecular complexity index is 474. The van der Waals surface area contributed by atoms with Crippen LogP contribution in [0.1, 0.15) is 12.5 Å². The van der Waals surface area contributed by atoms with Gasteiger partial charge in [-0.15, -0.1) is 0 Å².